The Balaban J connectivity index is 5.88. The van der Waals surface area contributed by atoms with Crippen LogP contribution in [0.25, 0.3) is 0 Å². The lowest BCUT2D eigenvalue weighted by Gasteiger charge is -2.36. The molecule has 0 unspecified atom stereocenters. The van der Waals surface area contributed by atoms with Crippen LogP contribution >= 0.6 is 0 Å². The number of ether oxygens (including phenoxy) is 2. The molecule has 142 valence electrons. The number of esters is 2. The van der Waals surface area contributed by atoms with E-state index in [1.165, 1.54) is 19.6 Å². The second kappa shape index (κ2) is 8.33. The number of carbonyl (C=O) groups is 2. The van der Waals surface area contributed by atoms with E-state index in [0.717, 1.165) is 0 Å². The van der Waals surface area contributed by atoms with Crippen molar-refractivity contribution in [2.75, 3.05) is 13.2 Å². The summed E-state index contributed by atoms with van der Waals surface area (Å²) in [6.07, 6.45) is -5.30. The molecule has 0 bridgehead atoms. The summed E-state index contributed by atoms with van der Waals surface area (Å²) in [7, 11) is -2.96. The van der Waals surface area contributed by atoms with Gasteiger partial charge in [0.15, 0.2) is 8.32 Å². The first-order valence-corrected chi connectivity index (χ1v) is 11.2. The standard InChI is InChI=1S/C15H27F3O5Si/c1-10(2)8-21-12(19)14(15(16,17)18,23-24(5,6)7)13(20)22-9-11(3)4/h10-11H,8-9H2,1-7H3. The summed E-state index contributed by atoms with van der Waals surface area (Å²) >= 11 is 0. The molecular formula is C15H27F3O5Si. The van der Waals surface area contributed by atoms with Crippen molar-refractivity contribution in [2.45, 2.75) is 59.1 Å². The molecule has 0 rings (SSSR count). The van der Waals surface area contributed by atoms with Gasteiger partial charge < -0.3 is 13.9 Å². The molecular weight excluding hydrogens is 345 g/mol. The van der Waals surface area contributed by atoms with Gasteiger partial charge in [0.2, 0.25) is 0 Å². The fourth-order valence-corrected chi connectivity index (χ4v) is 2.80. The van der Waals surface area contributed by atoms with Gasteiger partial charge in [-0.25, -0.2) is 9.59 Å². The normalized spacial score (nSPS) is 13.3. The monoisotopic (exact) mass is 372 g/mol. The molecule has 0 atom stereocenters. The predicted molar refractivity (Wildman–Crippen MR) is 84.8 cm³/mol. The summed E-state index contributed by atoms with van der Waals surface area (Å²) < 4.78 is 55.7. The molecule has 0 aliphatic rings. The minimum Gasteiger partial charge on any atom is -0.463 e. The maximum Gasteiger partial charge on any atom is 0.438 e. The first kappa shape index (κ1) is 22.9. The van der Waals surface area contributed by atoms with Crippen LogP contribution < -0.4 is 0 Å². The maximum atomic E-state index is 13.8. The van der Waals surface area contributed by atoms with Crippen molar-refractivity contribution in [3.8, 4) is 0 Å². The van der Waals surface area contributed by atoms with Crippen LogP contribution in [0.2, 0.25) is 19.6 Å². The van der Waals surface area contributed by atoms with E-state index in [1.54, 1.807) is 27.7 Å². The molecule has 0 heterocycles. The van der Waals surface area contributed by atoms with E-state index in [2.05, 4.69) is 0 Å². The first-order valence-electron chi connectivity index (χ1n) is 7.74. The lowest BCUT2D eigenvalue weighted by Crippen LogP contribution is -2.65. The van der Waals surface area contributed by atoms with Gasteiger partial charge in [-0.15, -0.1) is 0 Å². The highest BCUT2D eigenvalue weighted by Crippen LogP contribution is 2.38. The molecule has 0 aromatic carbocycles. The first-order chi connectivity index (χ1) is 10.6. The van der Waals surface area contributed by atoms with Crippen molar-refractivity contribution < 1.29 is 36.7 Å². The van der Waals surface area contributed by atoms with Crippen LogP contribution in [0.5, 0.6) is 0 Å². The molecule has 0 fully saturated rings. The Morgan fingerprint density at radius 3 is 1.42 bits per heavy atom. The third-order valence-corrected chi connectivity index (χ3v) is 3.45. The van der Waals surface area contributed by atoms with E-state index in [4.69, 9.17) is 13.9 Å². The van der Waals surface area contributed by atoms with E-state index in [-0.39, 0.29) is 25.0 Å². The van der Waals surface area contributed by atoms with Gasteiger partial charge in [-0.1, -0.05) is 27.7 Å². The highest BCUT2D eigenvalue weighted by Gasteiger charge is 2.71. The molecule has 0 saturated heterocycles. The third-order valence-electron chi connectivity index (χ3n) is 2.53. The van der Waals surface area contributed by atoms with Gasteiger partial charge in [0.05, 0.1) is 13.2 Å². The van der Waals surface area contributed by atoms with Crippen LogP contribution in [0.15, 0.2) is 0 Å². The van der Waals surface area contributed by atoms with Crippen molar-refractivity contribution in [2.24, 2.45) is 11.8 Å². The molecule has 0 spiro atoms. The third kappa shape index (κ3) is 6.43. The lowest BCUT2D eigenvalue weighted by atomic mass is 10.0. The largest absolute Gasteiger partial charge is 0.463 e. The van der Waals surface area contributed by atoms with Gasteiger partial charge >= 0.3 is 23.7 Å². The zero-order chi connectivity index (χ0) is 19.3. The van der Waals surface area contributed by atoms with E-state index >= 15 is 0 Å². The number of hydrogen-bond donors (Lipinski definition) is 0. The van der Waals surface area contributed by atoms with Gasteiger partial charge in [0.1, 0.15) is 0 Å². The summed E-state index contributed by atoms with van der Waals surface area (Å²) in [5, 5.41) is 0. The van der Waals surface area contributed by atoms with Crippen LogP contribution in [-0.2, 0) is 23.5 Å². The number of hydrogen-bond acceptors (Lipinski definition) is 5. The molecule has 0 N–H and O–H groups in total. The average molecular weight is 372 g/mol. The van der Waals surface area contributed by atoms with Crippen molar-refractivity contribution in [1.29, 1.82) is 0 Å². The molecule has 24 heavy (non-hydrogen) atoms. The van der Waals surface area contributed by atoms with E-state index in [9.17, 15) is 22.8 Å². The molecule has 0 aromatic rings. The topological polar surface area (TPSA) is 61.8 Å². The zero-order valence-electron chi connectivity index (χ0n) is 15.2. The van der Waals surface area contributed by atoms with Crippen molar-refractivity contribution >= 4 is 20.3 Å². The Morgan fingerprint density at radius 2 is 1.21 bits per heavy atom. The minimum absolute atomic E-state index is 0.196. The average Bonchev–Trinajstić information content (AvgIpc) is 2.36. The second-order valence-corrected chi connectivity index (χ2v) is 11.8. The lowest BCUT2D eigenvalue weighted by molar-refractivity contribution is -0.259. The Kier molecular flexibility index (Phi) is 7.95. The summed E-state index contributed by atoms with van der Waals surface area (Å²) in [5.74, 6) is -3.95. The smallest absolute Gasteiger partial charge is 0.438 e. The molecule has 5 nitrogen and oxygen atoms in total. The molecule has 0 saturated carbocycles. The summed E-state index contributed by atoms with van der Waals surface area (Å²) in [4.78, 5) is 24.5. The summed E-state index contributed by atoms with van der Waals surface area (Å²) in [6.45, 7) is 10.5. The minimum atomic E-state index is -5.30. The van der Waals surface area contributed by atoms with Crippen molar-refractivity contribution in [3.05, 3.63) is 0 Å². The number of halogens is 3. The highest BCUT2D eigenvalue weighted by atomic mass is 28.4. The Labute approximate surface area is 142 Å². The molecule has 0 amide bonds. The molecule has 0 aliphatic carbocycles. The zero-order valence-corrected chi connectivity index (χ0v) is 16.2. The Hall–Kier alpha value is -1.09. The van der Waals surface area contributed by atoms with Crippen LogP contribution in [0, 0.1) is 11.8 Å². The van der Waals surface area contributed by atoms with Gasteiger partial charge in [-0.2, -0.15) is 13.2 Å². The number of carbonyl (C=O) groups excluding carboxylic acids is 2. The molecule has 0 radical (unpaired) electrons. The van der Waals surface area contributed by atoms with E-state index in [1.807, 2.05) is 0 Å². The fourth-order valence-electron chi connectivity index (χ4n) is 1.60. The molecule has 0 aliphatic heterocycles. The number of rotatable bonds is 8. The quantitative estimate of drug-likeness (QED) is 0.370. The summed E-state index contributed by atoms with van der Waals surface area (Å²) in [5.41, 5.74) is -3.75. The maximum absolute atomic E-state index is 13.8. The van der Waals surface area contributed by atoms with Gasteiger partial charge in [0, 0.05) is 0 Å². The van der Waals surface area contributed by atoms with E-state index in [0.29, 0.717) is 0 Å². The Bertz CT molecular complexity index is 417. The van der Waals surface area contributed by atoms with Gasteiger partial charge in [-0.3, -0.25) is 0 Å². The van der Waals surface area contributed by atoms with Crippen LogP contribution in [0.1, 0.15) is 27.7 Å². The summed E-state index contributed by atoms with van der Waals surface area (Å²) in [6, 6.07) is 0. The molecule has 9 heteroatoms. The van der Waals surface area contributed by atoms with Crippen LogP contribution in [-0.4, -0.2) is 45.2 Å². The van der Waals surface area contributed by atoms with Crippen molar-refractivity contribution in [1.82, 2.24) is 0 Å². The fraction of sp³-hybridized carbons (Fsp3) is 0.867. The number of alkyl halides is 3. The van der Waals surface area contributed by atoms with Gasteiger partial charge in [0.25, 0.3) is 0 Å². The molecule has 0 aromatic heterocycles. The van der Waals surface area contributed by atoms with Crippen molar-refractivity contribution in [3.63, 3.8) is 0 Å². The van der Waals surface area contributed by atoms with Crippen LogP contribution in [0.4, 0.5) is 13.2 Å². The second-order valence-electron chi connectivity index (χ2n) is 7.38. The Morgan fingerprint density at radius 1 is 0.875 bits per heavy atom. The van der Waals surface area contributed by atoms with Crippen LogP contribution in [0.3, 0.4) is 0 Å². The van der Waals surface area contributed by atoms with E-state index < -0.39 is 32.0 Å². The SMILES string of the molecule is CC(C)COC(=O)C(O[Si](C)(C)C)(C(=O)OCC(C)C)C(F)(F)F. The predicted octanol–water partition coefficient (Wildman–Crippen LogP) is 3.54. The highest BCUT2D eigenvalue weighted by molar-refractivity contribution is 6.70. The van der Waals surface area contributed by atoms with Gasteiger partial charge in [-0.05, 0) is 31.5 Å².